The van der Waals surface area contributed by atoms with Gasteiger partial charge in [-0.15, -0.1) is 11.3 Å². The molecule has 36 heavy (non-hydrogen) atoms. The topological polar surface area (TPSA) is 85.9 Å². The Bertz CT molecular complexity index is 1220. The minimum Gasteiger partial charge on any atom is -0.494 e. The molecule has 2 aromatic heterocycles. The molecule has 9 nitrogen and oxygen atoms in total. The van der Waals surface area contributed by atoms with Gasteiger partial charge in [0.25, 0.3) is 0 Å². The third kappa shape index (κ3) is 5.88. The van der Waals surface area contributed by atoms with Gasteiger partial charge in [-0.1, -0.05) is 6.58 Å². The number of anilines is 5. The van der Waals surface area contributed by atoms with Crippen molar-refractivity contribution >= 4 is 56.3 Å². The van der Waals surface area contributed by atoms with Crippen LogP contribution in [0.15, 0.2) is 36.2 Å². The number of methoxy groups -OCH3 is 1. The van der Waals surface area contributed by atoms with Crippen molar-refractivity contribution in [1.29, 1.82) is 0 Å². The monoisotopic (exact) mass is 509 g/mol. The second kappa shape index (κ2) is 11.6. The van der Waals surface area contributed by atoms with E-state index < -0.39 is 0 Å². The van der Waals surface area contributed by atoms with E-state index in [4.69, 9.17) is 14.7 Å². The maximum absolute atomic E-state index is 12.2. The van der Waals surface area contributed by atoms with Gasteiger partial charge in [-0.2, -0.15) is 4.98 Å². The fourth-order valence-electron chi connectivity index (χ4n) is 4.25. The van der Waals surface area contributed by atoms with Gasteiger partial charge in [-0.3, -0.25) is 4.79 Å². The molecule has 4 rings (SSSR count). The fraction of sp³-hybridized carbons (Fsp3) is 0.423. The van der Waals surface area contributed by atoms with Gasteiger partial charge in [0.05, 0.1) is 34.4 Å². The number of thiophene rings is 1. The molecule has 0 radical (unpaired) electrons. The third-order valence-corrected chi connectivity index (χ3v) is 7.14. The summed E-state index contributed by atoms with van der Waals surface area (Å²) in [7, 11) is 7.69. The Labute approximate surface area is 216 Å². The number of hydrogen-bond donors (Lipinski definition) is 2. The van der Waals surface area contributed by atoms with Crippen LogP contribution in [0.1, 0.15) is 19.3 Å². The zero-order chi connectivity index (χ0) is 25.7. The lowest BCUT2D eigenvalue weighted by molar-refractivity contribution is -0.111. The molecule has 0 saturated carbocycles. The summed E-state index contributed by atoms with van der Waals surface area (Å²) in [5.41, 5.74) is 3.08. The molecule has 1 amide bonds. The van der Waals surface area contributed by atoms with Gasteiger partial charge in [0, 0.05) is 39.3 Å². The van der Waals surface area contributed by atoms with Crippen LogP contribution in [-0.2, 0) is 4.79 Å². The largest absolute Gasteiger partial charge is 0.494 e. The van der Waals surface area contributed by atoms with Gasteiger partial charge >= 0.3 is 0 Å². The molecule has 0 bridgehead atoms. The lowest BCUT2D eigenvalue weighted by atomic mass is 10.1. The van der Waals surface area contributed by atoms with Crippen molar-refractivity contribution in [2.75, 3.05) is 74.9 Å². The Morgan fingerprint density at radius 3 is 2.64 bits per heavy atom. The summed E-state index contributed by atoms with van der Waals surface area (Å²) in [4.78, 5) is 28.5. The quantitative estimate of drug-likeness (QED) is 0.385. The predicted molar refractivity (Wildman–Crippen MR) is 150 cm³/mol. The van der Waals surface area contributed by atoms with Crippen LogP contribution < -0.4 is 25.2 Å². The summed E-state index contributed by atoms with van der Waals surface area (Å²) < 4.78 is 6.85. The van der Waals surface area contributed by atoms with E-state index in [9.17, 15) is 4.79 Å². The van der Waals surface area contributed by atoms with Crippen LogP contribution in [0.25, 0.3) is 10.2 Å². The number of likely N-dealkylation sites (N-methyl/N-ethyl adjacent to an activating group) is 2. The highest BCUT2D eigenvalue weighted by molar-refractivity contribution is 7.17. The number of carbonyl (C=O) groups is 1. The van der Waals surface area contributed by atoms with Crippen molar-refractivity contribution in [3.8, 4) is 5.75 Å². The van der Waals surface area contributed by atoms with Crippen molar-refractivity contribution in [2.45, 2.75) is 19.3 Å². The average molecular weight is 510 g/mol. The number of fused-ring (bicyclic) bond motifs is 1. The van der Waals surface area contributed by atoms with E-state index in [-0.39, 0.29) is 5.91 Å². The van der Waals surface area contributed by atoms with E-state index >= 15 is 0 Å². The zero-order valence-electron chi connectivity index (χ0n) is 21.5. The minimum absolute atomic E-state index is 0.281. The summed E-state index contributed by atoms with van der Waals surface area (Å²) in [6.07, 6.45) is 4.86. The molecule has 10 heteroatoms. The number of ether oxygens (including phenoxy) is 1. The molecule has 3 heterocycles. The second-order valence-electron chi connectivity index (χ2n) is 9.17. The lowest BCUT2D eigenvalue weighted by Gasteiger charge is -2.28. The number of nitrogens with one attached hydrogen (secondary N) is 2. The summed E-state index contributed by atoms with van der Waals surface area (Å²) in [6.45, 7) is 7.23. The van der Waals surface area contributed by atoms with E-state index in [0.29, 0.717) is 23.1 Å². The van der Waals surface area contributed by atoms with Gasteiger partial charge < -0.3 is 30.1 Å². The second-order valence-corrected chi connectivity index (χ2v) is 10.1. The highest BCUT2D eigenvalue weighted by Gasteiger charge is 2.20. The fourth-order valence-corrected chi connectivity index (χ4v) is 5.10. The molecule has 192 valence electrons. The third-order valence-electron chi connectivity index (χ3n) is 6.24. The maximum Gasteiger partial charge on any atom is 0.247 e. The number of piperidine rings is 1. The van der Waals surface area contributed by atoms with Crippen LogP contribution in [0.3, 0.4) is 0 Å². The van der Waals surface area contributed by atoms with E-state index in [0.717, 1.165) is 47.9 Å². The zero-order valence-corrected chi connectivity index (χ0v) is 22.3. The van der Waals surface area contributed by atoms with Crippen LogP contribution in [-0.4, -0.2) is 75.2 Å². The minimum atomic E-state index is -0.281. The molecule has 1 fully saturated rings. The number of amides is 1. The first kappa shape index (κ1) is 25.7. The number of hydrogen-bond acceptors (Lipinski definition) is 9. The molecule has 1 aliphatic rings. The number of nitrogens with zero attached hydrogens (tertiary/aromatic N) is 5. The highest BCUT2D eigenvalue weighted by atomic mass is 32.1. The van der Waals surface area contributed by atoms with Crippen molar-refractivity contribution in [3.63, 3.8) is 0 Å². The molecule has 0 aliphatic carbocycles. The molecule has 0 unspecified atom stereocenters. The van der Waals surface area contributed by atoms with Crippen LogP contribution in [0.5, 0.6) is 5.75 Å². The molecule has 1 aromatic carbocycles. The van der Waals surface area contributed by atoms with Gasteiger partial charge in [0.1, 0.15) is 5.75 Å². The average Bonchev–Trinajstić information content (AvgIpc) is 3.36. The molecule has 3 aromatic rings. The molecular formula is C26H35N7O2S. The molecule has 0 spiro atoms. The molecule has 1 aliphatic heterocycles. The Kier molecular flexibility index (Phi) is 8.27. The van der Waals surface area contributed by atoms with E-state index in [1.807, 2.05) is 39.3 Å². The summed E-state index contributed by atoms with van der Waals surface area (Å²) in [5, 5.41) is 8.35. The Balaban J connectivity index is 1.72. The van der Waals surface area contributed by atoms with Crippen LogP contribution in [0.4, 0.5) is 28.8 Å². The van der Waals surface area contributed by atoms with Gasteiger partial charge in [-0.05, 0) is 56.9 Å². The van der Waals surface area contributed by atoms with E-state index in [2.05, 4.69) is 37.3 Å². The number of rotatable bonds is 10. The van der Waals surface area contributed by atoms with Crippen molar-refractivity contribution < 1.29 is 9.53 Å². The van der Waals surface area contributed by atoms with E-state index in [1.165, 1.54) is 25.3 Å². The summed E-state index contributed by atoms with van der Waals surface area (Å²) >= 11 is 1.67. The number of benzene rings is 1. The highest BCUT2D eigenvalue weighted by Crippen LogP contribution is 2.39. The molecule has 0 atom stereocenters. The van der Waals surface area contributed by atoms with Crippen molar-refractivity contribution in [1.82, 2.24) is 14.9 Å². The molecule has 2 N–H and O–H groups in total. The Morgan fingerprint density at radius 2 is 1.94 bits per heavy atom. The first-order chi connectivity index (χ1) is 17.4. The maximum atomic E-state index is 12.2. The number of carbonyl (C=O) groups excluding carboxylic acids is 1. The standard InChI is InChI=1S/C26H35N7O2S/c1-6-23(34)27-19-16-20(22(35-5)17-21(19)32(4)14-13-31(2)3)29-26-28-18-10-15-36-24(18)25(30-26)33-11-8-7-9-12-33/h6,10,15-17H,1,7-9,11-14H2,2-5H3,(H,27,34)(H,28,29,30). The van der Waals surface area contributed by atoms with Gasteiger partial charge in [-0.25, -0.2) is 4.98 Å². The first-order valence-electron chi connectivity index (χ1n) is 12.2. The summed E-state index contributed by atoms with van der Waals surface area (Å²) in [6, 6.07) is 5.81. The van der Waals surface area contributed by atoms with Crippen LogP contribution >= 0.6 is 11.3 Å². The summed E-state index contributed by atoms with van der Waals surface area (Å²) in [5.74, 6) is 1.81. The number of aromatic nitrogens is 2. The van der Waals surface area contributed by atoms with Gasteiger partial charge in [0.2, 0.25) is 11.9 Å². The van der Waals surface area contributed by atoms with Crippen LogP contribution in [0, 0.1) is 0 Å². The molecular weight excluding hydrogens is 474 g/mol. The normalized spacial score (nSPS) is 13.6. The Hall–Kier alpha value is -3.37. The predicted octanol–water partition coefficient (Wildman–Crippen LogP) is 4.56. The Morgan fingerprint density at radius 1 is 1.17 bits per heavy atom. The molecule has 1 saturated heterocycles. The van der Waals surface area contributed by atoms with Crippen molar-refractivity contribution in [2.24, 2.45) is 0 Å². The van der Waals surface area contributed by atoms with E-state index in [1.54, 1.807) is 18.4 Å². The smallest absolute Gasteiger partial charge is 0.247 e. The van der Waals surface area contributed by atoms with Crippen LogP contribution in [0.2, 0.25) is 0 Å². The first-order valence-corrected chi connectivity index (χ1v) is 13.1. The van der Waals surface area contributed by atoms with Gasteiger partial charge in [0.15, 0.2) is 5.82 Å². The SMILES string of the molecule is C=CC(=O)Nc1cc(Nc2nc(N3CCCCC3)c3sccc3n2)c(OC)cc1N(C)CCN(C)C. The van der Waals surface area contributed by atoms with Crippen molar-refractivity contribution in [3.05, 3.63) is 36.2 Å². The lowest BCUT2D eigenvalue weighted by Crippen LogP contribution is -2.30.